The maximum absolute atomic E-state index is 11.9. The molecule has 2 heterocycles. The fourth-order valence-corrected chi connectivity index (χ4v) is 2.53. The minimum Gasteiger partial charge on any atom is -0.340 e. The van der Waals surface area contributed by atoms with E-state index in [1.807, 2.05) is 23.2 Å². The zero-order chi connectivity index (χ0) is 14.2. The molecule has 118 valence electrons. The number of nitrogens with zero attached hydrogens (tertiary/aromatic N) is 3. The molecular formula is C16H26ClN3O. The first kappa shape index (κ1) is 17.9. The first-order valence-corrected chi connectivity index (χ1v) is 7.69. The molecule has 0 atom stereocenters. The van der Waals surface area contributed by atoms with Crippen molar-refractivity contribution in [3.8, 4) is 0 Å². The smallest absolute Gasteiger partial charge is 0.222 e. The lowest BCUT2D eigenvalue weighted by Crippen LogP contribution is -2.49. The minimum atomic E-state index is 0. The molecule has 0 unspecified atom stereocenters. The van der Waals surface area contributed by atoms with Crippen LogP contribution in [0.25, 0.3) is 0 Å². The number of rotatable bonds is 6. The Labute approximate surface area is 133 Å². The lowest BCUT2D eigenvalue weighted by molar-refractivity contribution is -0.133. The van der Waals surface area contributed by atoms with Gasteiger partial charge in [0.1, 0.15) is 0 Å². The second kappa shape index (κ2) is 9.74. The van der Waals surface area contributed by atoms with Crippen LogP contribution in [0.1, 0.15) is 31.9 Å². The molecule has 1 saturated heterocycles. The molecule has 1 fully saturated rings. The van der Waals surface area contributed by atoms with Gasteiger partial charge in [-0.25, -0.2) is 0 Å². The fraction of sp³-hybridized carbons (Fsp3) is 0.625. The Bertz CT molecular complexity index is 405. The summed E-state index contributed by atoms with van der Waals surface area (Å²) in [6.45, 7) is 6.90. The standard InChI is InChI=1S/C16H25N3O.ClH/c1-2-3-7-16(20)19-13-11-18(12-14-19)10-8-15-6-4-5-9-17-15;/h4-6,9H,2-3,7-8,10-14H2,1H3;1H. The summed E-state index contributed by atoms with van der Waals surface area (Å²) >= 11 is 0. The van der Waals surface area contributed by atoms with Gasteiger partial charge in [0.2, 0.25) is 5.91 Å². The van der Waals surface area contributed by atoms with Crippen LogP contribution in [-0.4, -0.2) is 53.4 Å². The Kier molecular flexibility index (Phi) is 8.31. The van der Waals surface area contributed by atoms with Crippen molar-refractivity contribution < 1.29 is 4.79 Å². The van der Waals surface area contributed by atoms with Crippen LogP contribution in [0.5, 0.6) is 0 Å². The number of halogens is 1. The number of piperazine rings is 1. The first-order valence-electron chi connectivity index (χ1n) is 7.69. The summed E-state index contributed by atoms with van der Waals surface area (Å²) in [7, 11) is 0. The molecule has 1 aromatic rings. The molecular weight excluding hydrogens is 286 g/mol. The molecule has 1 amide bonds. The van der Waals surface area contributed by atoms with Crippen molar-refractivity contribution in [3.63, 3.8) is 0 Å². The van der Waals surface area contributed by atoms with Gasteiger partial charge in [-0.3, -0.25) is 14.7 Å². The largest absolute Gasteiger partial charge is 0.340 e. The van der Waals surface area contributed by atoms with Crippen LogP contribution in [0.4, 0.5) is 0 Å². The van der Waals surface area contributed by atoms with E-state index >= 15 is 0 Å². The van der Waals surface area contributed by atoms with E-state index in [4.69, 9.17) is 0 Å². The normalized spacial score (nSPS) is 15.6. The van der Waals surface area contributed by atoms with E-state index in [-0.39, 0.29) is 12.4 Å². The van der Waals surface area contributed by atoms with Crippen LogP contribution in [-0.2, 0) is 11.2 Å². The van der Waals surface area contributed by atoms with Gasteiger partial charge in [0, 0.05) is 57.5 Å². The van der Waals surface area contributed by atoms with Crippen LogP contribution in [0, 0.1) is 0 Å². The Morgan fingerprint density at radius 3 is 2.62 bits per heavy atom. The monoisotopic (exact) mass is 311 g/mol. The number of hydrogen-bond donors (Lipinski definition) is 0. The second-order valence-corrected chi connectivity index (χ2v) is 5.40. The Morgan fingerprint density at radius 1 is 1.24 bits per heavy atom. The van der Waals surface area contributed by atoms with Gasteiger partial charge in [0.15, 0.2) is 0 Å². The van der Waals surface area contributed by atoms with Gasteiger partial charge in [-0.15, -0.1) is 12.4 Å². The highest BCUT2D eigenvalue weighted by Crippen LogP contribution is 2.07. The van der Waals surface area contributed by atoms with E-state index in [2.05, 4.69) is 22.9 Å². The van der Waals surface area contributed by atoms with Gasteiger partial charge < -0.3 is 4.90 Å². The maximum atomic E-state index is 11.9. The molecule has 1 aliphatic rings. The van der Waals surface area contributed by atoms with Crippen LogP contribution in [0.3, 0.4) is 0 Å². The summed E-state index contributed by atoms with van der Waals surface area (Å²) < 4.78 is 0. The lowest BCUT2D eigenvalue weighted by Gasteiger charge is -2.34. The van der Waals surface area contributed by atoms with E-state index < -0.39 is 0 Å². The second-order valence-electron chi connectivity index (χ2n) is 5.40. The molecule has 0 bridgehead atoms. The summed E-state index contributed by atoms with van der Waals surface area (Å²) in [6.07, 6.45) is 5.66. The fourth-order valence-electron chi connectivity index (χ4n) is 2.53. The number of carbonyl (C=O) groups excluding carboxylic acids is 1. The molecule has 0 saturated carbocycles. The third kappa shape index (κ3) is 6.02. The predicted molar refractivity (Wildman–Crippen MR) is 87.7 cm³/mol. The predicted octanol–water partition coefficient (Wildman–Crippen LogP) is 2.38. The number of unbranched alkanes of at least 4 members (excludes halogenated alkanes) is 1. The van der Waals surface area contributed by atoms with Gasteiger partial charge in [0.25, 0.3) is 0 Å². The first-order chi connectivity index (χ1) is 9.79. The summed E-state index contributed by atoms with van der Waals surface area (Å²) in [5.74, 6) is 0.330. The van der Waals surface area contributed by atoms with E-state index in [0.29, 0.717) is 12.3 Å². The van der Waals surface area contributed by atoms with Crippen molar-refractivity contribution in [3.05, 3.63) is 30.1 Å². The van der Waals surface area contributed by atoms with Gasteiger partial charge >= 0.3 is 0 Å². The number of carbonyl (C=O) groups is 1. The number of hydrogen-bond acceptors (Lipinski definition) is 3. The molecule has 0 spiro atoms. The Hall–Kier alpha value is -1.13. The zero-order valence-corrected chi connectivity index (χ0v) is 13.6. The number of pyridine rings is 1. The summed E-state index contributed by atoms with van der Waals surface area (Å²) in [4.78, 5) is 20.7. The third-order valence-corrected chi connectivity index (χ3v) is 3.88. The van der Waals surface area contributed by atoms with Crippen LogP contribution in [0.15, 0.2) is 24.4 Å². The number of amides is 1. The van der Waals surface area contributed by atoms with Crippen molar-refractivity contribution in [2.75, 3.05) is 32.7 Å². The third-order valence-electron chi connectivity index (χ3n) is 3.88. The van der Waals surface area contributed by atoms with Gasteiger partial charge in [0.05, 0.1) is 0 Å². The SMILES string of the molecule is CCCCC(=O)N1CCN(CCc2ccccn2)CC1.Cl. The molecule has 5 heteroatoms. The van der Waals surface area contributed by atoms with Crippen molar-refractivity contribution >= 4 is 18.3 Å². The van der Waals surface area contributed by atoms with Gasteiger partial charge in [-0.1, -0.05) is 19.4 Å². The molecule has 0 radical (unpaired) electrons. The molecule has 0 aromatic carbocycles. The lowest BCUT2D eigenvalue weighted by atomic mass is 10.2. The highest BCUT2D eigenvalue weighted by molar-refractivity contribution is 5.85. The van der Waals surface area contributed by atoms with Crippen molar-refractivity contribution in [1.29, 1.82) is 0 Å². The topological polar surface area (TPSA) is 36.4 Å². The van der Waals surface area contributed by atoms with E-state index in [0.717, 1.165) is 57.7 Å². The van der Waals surface area contributed by atoms with Gasteiger partial charge in [-0.2, -0.15) is 0 Å². The molecule has 1 aliphatic heterocycles. The van der Waals surface area contributed by atoms with Crippen molar-refractivity contribution in [1.82, 2.24) is 14.8 Å². The maximum Gasteiger partial charge on any atom is 0.222 e. The van der Waals surface area contributed by atoms with Crippen molar-refractivity contribution in [2.24, 2.45) is 0 Å². The minimum absolute atomic E-state index is 0. The van der Waals surface area contributed by atoms with Gasteiger partial charge in [-0.05, 0) is 18.6 Å². The average Bonchev–Trinajstić information content (AvgIpc) is 2.52. The molecule has 4 nitrogen and oxygen atoms in total. The summed E-state index contributed by atoms with van der Waals surface area (Å²) in [5, 5.41) is 0. The molecule has 21 heavy (non-hydrogen) atoms. The highest BCUT2D eigenvalue weighted by atomic mass is 35.5. The Morgan fingerprint density at radius 2 is 2.00 bits per heavy atom. The summed E-state index contributed by atoms with van der Waals surface area (Å²) in [5.41, 5.74) is 1.15. The molecule has 1 aromatic heterocycles. The van der Waals surface area contributed by atoms with Crippen LogP contribution >= 0.6 is 12.4 Å². The molecule has 0 aliphatic carbocycles. The molecule has 2 rings (SSSR count). The van der Waals surface area contributed by atoms with E-state index in [9.17, 15) is 4.79 Å². The van der Waals surface area contributed by atoms with Crippen molar-refractivity contribution in [2.45, 2.75) is 32.6 Å². The zero-order valence-electron chi connectivity index (χ0n) is 12.8. The van der Waals surface area contributed by atoms with Crippen LogP contribution in [0.2, 0.25) is 0 Å². The van der Waals surface area contributed by atoms with Crippen LogP contribution < -0.4 is 0 Å². The quantitative estimate of drug-likeness (QED) is 0.809. The highest BCUT2D eigenvalue weighted by Gasteiger charge is 2.20. The van der Waals surface area contributed by atoms with E-state index in [1.54, 1.807) is 0 Å². The molecule has 0 N–H and O–H groups in total. The van der Waals surface area contributed by atoms with E-state index in [1.165, 1.54) is 0 Å². The Balaban J connectivity index is 0.00000220. The summed E-state index contributed by atoms with van der Waals surface area (Å²) in [6, 6.07) is 6.06. The number of aromatic nitrogens is 1. The average molecular weight is 312 g/mol.